The zero-order chi connectivity index (χ0) is 20.5. The Morgan fingerprint density at radius 3 is 2.31 bits per heavy atom. The third-order valence-electron chi connectivity index (χ3n) is 4.26. The molecule has 0 atom stereocenters. The van der Waals surface area contributed by atoms with Crippen molar-refractivity contribution in [3.05, 3.63) is 88.0 Å². The summed E-state index contributed by atoms with van der Waals surface area (Å²) in [5, 5.41) is 7.17. The number of Topliss-reactive ketones (excluding diaryl/α,β-unsaturated/α-hetero) is 1. The molecule has 146 valence electrons. The Hall–Kier alpha value is -3.88. The molecule has 4 aromatic rings. The molecule has 0 saturated carbocycles. The molecule has 0 saturated heterocycles. The number of halogens is 2. The molecule has 0 bridgehead atoms. The number of aryl methyl sites for hydroxylation is 1. The number of benzene rings is 2. The summed E-state index contributed by atoms with van der Waals surface area (Å²) in [6.45, 7) is 1.43. The average Bonchev–Trinajstić information content (AvgIpc) is 2.99. The number of ketones is 1. The van der Waals surface area contributed by atoms with Gasteiger partial charge in [-0.1, -0.05) is 0 Å². The van der Waals surface area contributed by atoms with E-state index in [1.54, 1.807) is 13.0 Å². The number of hydrogen-bond acceptors (Lipinski definition) is 5. The van der Waals surface area contributed by atoms with Crippen molar-refractivity contribution < 1.29 is 13.6 Å². The number of carbonyl (C=O) groups is 1. The minimum Gasteiger partial charge on any atom is -0.325 e. The Bertz CT molecular complexity index is 1260. The van der Waals surface area contributed by atoms with Gasteiger partial charge in [0.05, 0.1) is 0 Å². The van der Waals surface area contributed by atoms with Crippen LogP contribution in [0.5, 0.6) is 0 Å². The predicted molar refractivity (Wildman–Crippen MR) is 102 cm³/mol. The molecule has 0 spiro atoms. The molecule has 2 aromatic heterocycles. The third kappa shape index (κ3) is 3.75. The van der Waals surface area contributed by atoms with Crippen LogP contribution in [-0.2, 0) is 6.54 Å². The molecule has 0 aliphatic carbocycles. The lowest BCUT2D eigenvalue weighted by Crippen LogP contribution is -2.26. The van der Waals surface area contributed by atoms with Gasteiger partial charge in [0, 0.05) is 23.0 Å². The van der Waals surface area contributed by atoms with Crippen LogP contribution in [0.25, 0.3) is 5.65 Å². The fourth-order valence-corrected chi connectivity index (χ4v) is 2.87. The molecule has 1 N–H and O–H groups in total. The summed E-state index contributed by atoms with van der Waals surface area (Å²) in [6, 6.07) is 12.3. The van der Waals surface area contributed by atoms with E-state index in [1.165, 1.54) is 52.9 Å². The van der Waals surface area contributed by atoms with Gasteiger partial charge >= 0.3 is 5.69 Å². The first-order valence-corrected chi connectivity index (χ1v) is 8.69. The van der Waals surface area contributed by atoms with Gasteiger partial charge in [-0.25, -0.2) is 27.6 Å². The van der Waals surface area contributed by atoms with E-state index < -0.39 is 11.5 Å². The summed E-state index contributed by atoms with van der Waals surface area (Å²) in [6.07, 6.45) is 0. The summed E-state index contributed by atoms with van der Waals surface area (Å²) in [7, 11) is 0. The van der Waals surface area contributed by atoms with Gasteiger partial charge in [0.15, 0.2) is 11.4 Å². The maximum Gasteiger partial charge on any atom is 0.353 e. The molecule has 9 heteroatoms. The maximum atomic E-state index is 13.1. The van der Waals surface area contributed by atoms with E-state index in [-0.39, 0.29) is 29.7 Å². The third-order valence-corrected chi connectivity index (χ3v) is 4.26. The fraction of sp³-hybridized carbons (Fsp3) is 0.100. The van der Waals surface area contributed by atoms with Crippen molar-refractivity contribution in [2.75, 3.05) is 5.32 Å². The van der Waals surface area contributed by atoms with Gasteiger partial charge in [0.25, 0.3) is 0 Å². The number of fused-ring (bicyclic) bond motifs is 1. The molecule has 4 rings (SSSR count). The number of nitrogens with one attached hydrogen (secondary N) is 1. The Morgan fingerprint density at radius 2 is 1.66 bits per heavy atom. The second kappa shape index (κ2) is 7.27. The van der Waals surface area contributed by atoms with Gasteiger partial charge in [-0.3, -0.25) is 4.79 Å². The highest BCUT2D eigenvalue weighted by atomic mass is 19.1. The highest BCUT2D eigenvalue weighted by molar-refractivity contribution is 5.95. The largest absolute Gasteiger partial charge is 0.353 e. The van der Waals surface area contributed by atoms with Crippen LogP contribution in [0.15, 0.2) is 59.4 Å². The highest BCUT2D eigenvalue weighted by Gasteiger charge is 2.16. The van der Waals surface area contributed by atoms with E-state index in [1.807, 2.05) is 0 Å². The lowest BCUT2D eigenvalue weighted by atomic mass is 10.1. The molecule has 0 fully saturated rings. The van der Waals surface area contributed by atoms with Crippen molar-refractivity contribution in [1.82, 2.24) is 19.2 Å². The van der Waals surface area contributed by atoms with Crippen LogP contribution in [0.3, 0.4) is 0 Å². The summed E-state index contributed by atoms with van der Waals surface area (Å²) in [4.78, 5) is 29.6. The Balaban J connectivity index is 1.71. The second-order valence-electron chi connectivity index (χ2n) is 6.42. The minimum absolute atomic E-state index is 0.192. The molecule has 0 unspecified atom stereocenters. The Morgan fingerprint density at radius 1 is 1.03 bits per heavy atom. The van der Waals surface area contributed by atoms with Crippen molar-refractivity contribution in [1.29, 1.82) is 0 Å². The van der Waals surface area contributed by atoms with Crippen LogP contribution in [-0.4, -0.2) is 24.9 Å². The SMILES string of the molecule is Cc1cc2nn(CC(=O)c3ccc(F)cc3)c(=O)n2c(Nc2ccc(F)cc2)n1. The lowest BCUT2D eigenvalue weighted by Gasteiger charge is -2.07. The van der Waals surface area contributed by atoms with Gasteiger partial charge in [-0.05, 0) is 55.5 Å². The number of rotatable bonds is 5. The van der Waals surface area contributed by atoms with Crippen LogP contribution >= 0.6 is 0 Å². The van der Waals surface area contributed by atoms with Crippen molar-refractivity contribution in [3.8, 4) is 0 Å². The van der Waals surface area contributed by atoms with Crippen LogP contribution in [0.2, 0.25) is 0 Å². The van der Waals surface area contributed by atoms with Crippen LogP contribution < -0.4 is 11.0 Å². The Kier molecular flexibility index (Phi) is 4.63. The molecule has 0 amide bonds. The Labute approximate surface area is 163 Å². The van der Waals surface area contributed by atoms with Crippen molar-refractivity contribution >= 4 is 23.1 Å². The van der Waals surface area contributed by atoms with Gasteiger partial charge < -0.3 is 5.32 Å². The molecule has 29 heavy (non-hydrogen) atoms. The van der Waals surface area contributed by atoms with E-state index in [0.29, 0.717) is 17.0 Å². The van der Waals surface area contributed by atoms with E-state index in [4.69, 9.17) is 0 Å². The minimum atomic E-state index is -0.562. The molecular formula is C20H15F2N5O2. The van der Waals surface area contributed by atoms with Crippen molar-refractivity contribution in [3.63, 3.8) is 0 Å². The van der Waals surface area contributed by atoms with Crippen molar-refractivity contribution in [2.24, 2.45) is 0 Å². The normalized spacial score (nSPS) is 11.0. The standard InChI is InChI=1S/C20H15F2N5O2/c1-12-10-18-25-26(11-17(28)13-2-4-14(21)5-3-13)20(29)27(18)19(23-12)24-16-8-6-15(22)7-9-16/h2-10H,11H2,1H3,(H,23,24). The molecule has 7 nitrogen and oxygen atoms in total. The first-order valence-electron chi connectivity index (χ1n) is 8.69. The number of carbonyl (C=O) groups excluding carboxylic acids is 1. The number of nitrogens with zero attached hydrogens (tertiary/aromatic N) is 4. The molecular weight excluding hydrogens is 380 g/mol. The van der Waals surface area contributed by atoms with E-state index >= 15 is 0 Å². The van der Waals surface area contributed by atoms with Gasteiger partial charge in [0.1, 0.15) is 18.2 Å². The van der Waals surface area contributed by atoms with E-state index in [2.05, 4.69) is 15.4 Å². The topological polar surface area (TPSA) is 81.3 Å². The summed E-state index contributed by atoms with van der Waals surface area (Å²) in [5.74, 6) is -1.03. The average molecular weight is 395 g/mol. The zero-order valence-corrected chi connectivity index (χ0v) is 15.3. The lowest BCUT2D eigenvalue weighted by molar-refractivity contribution is 0.0966. The highest BCUT2D eigenvalue weighted by Crippen LogP contribution is 2.16. The monoisotopic (exact) mass is 395 g/mol. The van der Waals surface area contributed by atoms with Gasteiger partial charge in [-0.15, -0.1) is 5.10 Å². The molecule has 0 radical (unpaired) electrons. The van der Waals surface area contributed by atoms with Crippen molar-refractivity contribution in [2.45, 2.75) is 13.5 Å². The molecule has 0 aliphatic heterocycles. The summed E-state index contributed by atoms with van der Waals surface area (Å²) >= 11 is 0. The summed E-state index contributed by atoms with van der Waals surface area (Å²) in [5.41, 5.74) is 1.15. The number of hydrogen-bond donors (Lipinski definition) is 1. The second-order valence-corrected chi connectivity index (χ2v) is 6.42. The quantitative estimate of drug-likeness (QED) is 0.525. The van der Waals surface area contributed by atoms with Crippen LogP contribution in [0, 0.1) is 18.6 Å². The van der Waals surface area contributed by atoms with Crippen LogP contribution in [0.4, 0.5) is 20.4 Å². The first kappa shape index (κ1) is 18.5. The molecule has 2 aromatic carbocycles. The number of anilines is 2. The molecule has 2 heterocycles. The van der Waals surface area contributed by atoms with E-state index in [0.717, 1.165) is 4.68 Å². The van der Waals surface area contributed by atoms with Gasteiger partial charge in [0.2, 0.25) is 5.95 Å². The maximum absolute atomic E-state index is 13.1. The van der Waals surface area contributed by atoms with Gasteiger partial charge in [-0.2, -0.15) is 0 Å². The predicted octanol–water partition coefficient (Wildman–Crippen LogP) is 3.10. The molecule has 0 aliphatic rings. The van der Waals surface area contributed by atoms with E-state index in [9.17, 15) is 18.4 Å². The zero-order valence-electron chi connectivity index (χ0n) is 15.3. The number of aromatic nitrogens is 4. The van der Waals surface area contributed by atoms with Crippen LogP contribution in [0.1, 0.15) is 16.1 Å². The fourth-order valence-electron chi connectivity index (χ4n) is 2.87. The smallest absolute Gasteiger partial charge is 0.325 e. The first-order chi connectivity index (χ1) is 13.9. The summed E-state index contributed by atoms with van der Waals surface area (Å²) < 4.78 is 28.4.